The summed E-state index contributed by atoms with van der Waals surface area (Å²) in [7, 11) is 5.48. The molecule has 1 aromatic carbocycles. The van der Waals surface area contributed by atoms with Gasteiger partial charge in [0.2, 0.25) is 0 Å². The van der Waals surface area contributed by atoms with E-state index in [9.17, 15) is 9.50 Å². The number of halogens is 1. The van der Waals surface area contributed by atoms with Crippen molar-refractivity contribution in [2.24, 2.45) is 0 Å². The second-order valence-electron chi connectivity index (χ2n) is 6.21. The number of aliphatic hydroxyl groups excluding tert-OH is 1. The molecule has 0 aromatic heterocycles. The summed E-state index contributed by atoms with van der Waals surface area (Å²) < 4.78 is 19.3. The van der Waals surface area contributed by atoms with Crippen molar-refractivity contribution < 1.29 is 14.2 Å². The molecule has 1 aliphatic rings. The minimum Gasteiger partial charge on any atom is -0.494 e. The number of methoxy groups -OCH3 is 1. The first-order valence-electron chi connectivity index (χ1n) is 7.68. The quantitative estimate of drug-likeness (QED) is 0.906. The van der Waals surface area contributed by atoms with Crippen LogP contribution in [0.25, 0.3) is 0 Å². The lowest BCUT2D eigenvalue weighted by Crippen LogP contribution is -2.55. The molecule has 21 heavy (non-hydrogen) atoms. The van der Waals surface area contributed by atoms with E-state index in [-0.39, 0.29) is 17.1 Å². The fourth-order valence-electron chi connectivity index (χ4n) is 3.51. The maximum atomic E-state index is 14.3. The fraction of sp³-hybridized carbons (Fsp3) is 0.647. The molecule has 0 aliphatic heterocycles. The third-order valence-corrected chi connectivity index (χ3v) is 4.91. The molecule has 0 spiro atoms. The Kier molecular flexibility index (Phi) is 5.22. The van der Waals surface area contributed by atoms with Gasteiger partial charge < -0.3 is 14.7 Å². The molecule has 0 saturated heterocycles. The molecule has 1 N–H and O–H groups in total. The molecule has 2 rings (SSSR count). The van der Waals surface area contributed by atoms with Crippen LogP contribution in [-0.2, 0) is 6.42 Å². The lowest BCUT2D eigenvalue weighted by atomic mass is 9.75. The smallest absolute Gasteiger partial charge is 0.168 e. The van der Waals surface area contributed by atoms with Gasteiger partial charge in [-0.05, 0) is 38.6 Å². The van der Waals surface area contributed by atoms with Crippen molar-refractivity contribution >= 4 is 0 Å². The molecule has 1 unspecified atom stereocenters. The monoisotopic (exact) mass is 295 g/mol. The van der Waals surface area contributed by atoms with Crippen molar-refractivity contribution in [3.05, 3.63) is 29.6 Å². The SMILES string of the molecule is COc1cccc(CC(O)C2(N(C)C)CCCCC2)c1F. The second-order valence-corrected chi connectivity index (χ2v) is 6.21. The van der Waals surface area contributed by atoms with Gasteiger partial charge in [0.15, 0.2) is 11.6 Å². The molecule has 1 aromatic rings. The third kappa shape index (κ3) is 3.22. The van der Waals surface area contributed by atoms with Crippen molar-refractivity contribution in [3.63, 3.8) is 0 Å². The average Bonchev–Trinajstić information content (AvgIpc) is 2.49. The molecule has 1 aliphatic carbocycles. The summed E-state index contributed by atoms with van der Waals surface area (Å²) in [6.07, 6.45) is 5.14. The van der Waals surface area contributed by atoms with Crippen LogP contribution >= 0.6 is 0 Å². The van der Waals surface area contributed by atoms with Crippen molar-refractivity contribution in [3.8, 4) is 5.75 Å². The lowest BCUT2D eigenvalue weighted by molar-refractivity contribution is -0.0314. The predicted molar refractivity (Wildman–Crippen MR) is 82.2 cm³/mol. The van der Waals surface area contributed by atoms with Crippen molar-refractivity contribution in [1.82, 2.24) is 4.90 Å². The molecular formula is C17H26FNO2. The van der Waals surface area contributed by atoms with Crippen LogP contribution < -0.4 is 4.74 Å². The fourth-order valence-corrected chi connectivity index (χ4v) is 3.51. The summed E-state index contributed by atoms with van der Waals surface area (Å²) in [6.45, 7) is 0. The lowest BCUT2D eigenvalue weighted by Gasteiger charge is -2.46. The van der Waals surface area contributed by atoms with E-state index in [2.05, 4.69) is 4.90 Å². The molecule has 1 saturated carbocycles. The number of likely N-dealkylation sites (N-methyl/N-ethyl adjacent to an activating group) is 1. The minimum absolute atomic E-state index is 0.238. The van der Waals surface area contributed by atoms with Gasteiger partial charge in [0.1, 0.15) is 0 Å². The Morgan fingerprint density at radius 2 is 1.95 bits per heavy atom. The molecule has 0 heterocycles. The Morgan fingerprint density at radius 3 is 2.52 bits per heavy atom. The molecular weight excluding hydrogens is 269 g/mol. The third-order valence-electron chi connectivity index (χ3n) is 4.91. The van der Waals surface area contributed by atoms with Crippen molar-refractivity contribution in [2.45, 2.75) is 50.2 Å². The Hall–Kier alpha value is -1.13. The summed E-state index contributed by atoms with van der Waals surface area (Å²) in [4.78, 5) is 2.12. The van der Waals surface area contributed by atoms with E-state index < -0.39 is 6.10 Å². The van der Waals surface area contributed by atoms with Crippen molar-refractivity contribution in [1.29, 1.82) is 0 Å². The van der Waals surface area contributed by atoms with Gasteiger partial charge in [-0.15, -0.1) is 0 Å². The number of rotatable bonds is 5. The zero-order valence-electron chi connectivity index (χ0n) is 13.2. The molecule has 1 fully saturated rings. The van der Waals surface area contributed by atoms with Crippen LogP contribution in [0.15, 0.2) is 18.2 Å². The van der Waals surface area contributed by atoms with Gasteiger partial charge in [0, 0.05) is 12.0 Å². The van der Waals surface area contributed by atoms with Gasteiger partial charge in [-0.1, -0.05) is 31.4 Å². The first-order chi connectivity index (χ1) is 10.0. The maximum absolute atomic E-state index is 14.3. The summed E-state index contributed by atoms with van der Waals surface area (Å²) in [6, 6.07) is 5.11. The first-order valence-corrected chi connectivity index (χ1v) is 7.68. The van der Waals surface area contributed by atoms with E-state index in [4.69, 9.17) is 4.74 Å². The number of aliphatic hydroxyl groups is 1. The van der Waals surface area contributed by atoms with Gasteiger partial charge in [-0.25, -0.2) is 4.39 Å². The highest BCUT2D eigenvalue weighted by Crippen LogP contribution is 2.36. The largest absolute Gasteiger partial charge is 0.494 e. The summed E-state index contributed by atoms with van der Waals surface area (Å²) in [5, 5.41) is 10.8. The van der Waals surface area contributed by atoms with E-state index >= 15 is 0 Å². The Bertz CT molecular complexity index is 470. The standard InChI is InChI=1S/C17H26FNO2/c1-19(2)17(10-5-4-6-11-17)15(20)12-13-8-7-9-14(21-3)16(13)18/h7-9,15,20H,4-6,10-12H2,1-3H3. The highest BCUT2D eigenvalue weighted by Gasteiger charge is 2.41. The molecule has 3 nitrogen and oxygen atoms in total. The van der Waals surface area contributed by atoms with E-state index in [1.54, 1.807) is 18.2 Å². The summed E-state index contributed by atoms with van der Waals surface area (Å²) in [5.41, 5.74) is 0.280. The predicted octanol–water partition coefficient (Wildman–Crippen LogP) is 3.00. The van der Waals surface area contributed by atoms with E-state index in [1.807, 2.05) is 14.1 Å². The Morgan fingerprint density at radius 1 is 1.29 bits per heavy atom. The minimum atomic E-state index is -0.575. The van der Waals surface area contributed by atoms with Crippen molar-refractivity contribution in [2.75, 3.05) is 21.2 Å². The van der Waals surface area contributed by atoms with Crippen LogP contribution in [0.5, 0.6) is 5.75 Å². The van der Waals surface area contributed by atoms with Crippen LogP contribution in [0.2, 0.25) is 0 Å². The number of nitrogens with zero attached hydrogens (tertiary/aromatic N) is 1. The second kappa shape index (κ2) is 6.75. The van der Waals surface area contributed by atoms with Gasteiger partial charge in [0.05, 0.1) is 13.2 Å². The molecule has 118 valence electrons. The number of benzene rings is 1. The Balaban J connectivity index is 2.21. The van der Waals surface area contributed by atoms with Gasteiger partial charge >= 0.3 is 0 Å². The maximum Gasteiger partial charge on any atom is 0.168 e. The Labute approximate surface area is 126 Å². The molecule has 1 atom stereocenters. The van der Waals surface area contributed by atoms with E-state index in [0.29, 0.717) is 12.0 Å². The van der Waals surface area contributed by atoms with Crippen LogP contribution in [0.4, 0.5) is 4.39 Å². The van der Waals surface area contributed by atoms with Crippen LogP contribution in [0, 0.1) is 5.82 Å². The van der Waals surface area contributed by atoms with Gasteiger partial charge in [-0.3, -0.25) is 0 Å². The zero-order chi connectivity index (χ0) is 15.5. The topological polar surface area (TPSA) is 32.7 Å². The first kappa shape index (κ1) is 16.2. The molecule has 0 amide bonds. The molecule has 0 bridgehead atoms. The normalized spacial score (nSPS) is 19.5. The number of hydrogen-bond donors (Lipinski definition) is 1. The van der Waals surface area contributed by atoms with Gasteiger partial charge in [-0.2, -0.15) is 0 Å². The summed E-state index contributed by atoms with van der Waals surface area (Å²) >= 11 is 0. The van der Waals surface area contributed by atoms with E-state index in [0.717, 1.165) is 25.7 Å². The zero-order valence-corrected chi connectivity index (χ0v) is 13.2. The highest BCUT2D eigenvalue weighted by molar-refractivity contribution is 5.31. The van der Waals surface area contributed by atoms with Gasteiger partial charge in [0.25, 0.3) is 0 Å². The summed E-state index contributed by atoms with van der Waals surface area (Å²) in [5.74, 6) is -0.119. The average molecular weight is 295 g/mol. The molecule has 0 radical (unpaired) electrons. The van der Waals surface area contributed by atoms with E-state index in [1.165, 1.54) is 13.5 Å². The van der Waals surface area contributed by atoms with Crippen LogP contribution in [-0.4, -0.2) is 42.9 Å². The number of hydrogen-bond acceptors (Lipinski definition) is 3. The highest BCUT2D eigenvalue weighted by atomic mass is 19.1. The number of ether oxygens (including phenoxy) is 1. The van der Waals surface area contributed by atoms with Crippen LogP contribution in [0.1, 0.15) is 37.7 Å². The van der Waals surface area contributed by atoms with Crippen LogP contribution in [0.3, 0.4) is 0 Å². The molecule has 4 heteroatoms.